The van der Waals surface area contributed by atoms with E-state index in [0.29, 0.717) is 5.02 Å². The molecule has 0 unspecified atom stereocenters. The zero-order chi connectivity index (χ0) is 10.8. The monoisotopic (exact) mass is 255 g/mol. The number of hydrogen-bond donors (Lipinski definition) is 1. The molecule has 0 atom stereocenters. The van der Waals surface area contributed by atoms with Gasteiger partial charge in [0.05, 0.1) is 11.4 Å². The summed E-state index contributed by atoms with van der Waals surface area (Å²) in [5.74, 6) is -0.368. The van der Waals surface area contributed by atoms with Crippen LogP contribution in [0.15, 0.2) is 36.4 Å². The smallest absolute Gasteiger partial charge is 0.221 e. The fourth-order valence-electron chi connectivity index (χ4n) is 1.60. The molecule has 0 radical (unpaired) electrons. The van der Waals surface area contributed by atoms with Crippen molar-refractivity contribution in [2.24, 2.45) is 5.73 Å². The largest absolute Gasteiger partial charge is 0.369 e. The summed E-state index contributed by atoms with van der Waals surface area (Å²) in [6, 6.07) is 11.6. The fraction of sp³-hybridized carbons (Fsp3) is 0.0833. The molecule has 1 amide bonds. The summed E-state index contributed by atoms with van der Waals surface area (Å²) in [5.41, 5.74) is 5.92. The van der Waals surface area contributed by atoms with Crippen molar-refractivity contribution in [3.8, 4) is 0 Å². The second-order valence-electron chi connectivity index (χ2n) is 3.40. The van der Waals surface area contributed by atoms with Crippen molar-refractivity contribution in [3.05, 3.63) is 47.0 Å². The average molecular weight is 256 g/mol. The number of nitrogens with two attached hydrogens (primary N) is 1. The zero-order valence-corrected chi connectivity index (χ0v) is 10.0. The number of fused-ring (bicyclic) bond motifs is 1. The maximum absolute atomic E-state index is 10.8. The third kappa shape index (κ3) is 2.46. The standard InChI is InChI=1S/C12H10ClNO.ClH/c13-12-9(7-11(14)15)6-5-8-3-1-2-4-10(8)12;/h1-6H,7H2,(H2,14,15);1H. The van der Waals surface area contributed by atoms with Crippen molar-refractivity contribution in [2.75, 3.05) is 0 Å². The molecule has 2 aromatic carbocycles. The van der Waals surface area contributed by atoms with E-state index in [1.54, 1.807) is 0 Å². The topological polar surface area (TPSA) is 43.1 Å². The Hall–Kier alpha value is -1.25. The highest BCUT2D eigenvalue weighted by atomic mass is 35.5. The van der Waals surface area contributed by atoms with Crippen molar-refractivity contribution in [1.82, 2.24) is 0 Å². The van der Waals surface area contributed by atoms with Crippen LogP contribution in [0, 0.1) is 0 Å². The summed E-state index contributed by atoms with van der Waals surface area (Å²) in [7, 11) is 0. The van der Waals surface area contributed by atoms with E-state index in [1.165, 1.54) is 0 Å². The van der Waals surface area contributed by atoms with Crippen molar-refractivity contribution >= 4 is 40.7 Å². The Kier molecular flexibility index (Phi) is 4.16. The van der Waals surface area contributed by atoms with E-state index in [-0.39, 0.29) is 24.7 Å². The van der Waals surface area contributed by atoms with Crippen molar-refractivity contribution in [2.45, 2.75) is 6.42 Å². The van der Waals surface area contributed by atoms with Crippen LogP contribution >= 0.6 is 24.0 Å². The van der Waals surface area contributed by atoms with Gasteiger partial charge in [-0.05, 0) is 10.9 Å². The van der Waals surface area contributed by atoms with Gasteiger partial charge in [-0.1, -0.05) is 48.0 Å². The molecule has 0 aromatic heterocycles. The van der Waals surface area contributed by atoms with Gasteiger partial charge in [-0.15, -0.1) is 12.4 Å². The van der Waals surface area contributed by atoms with Crippen LogP contribution in [0.4, 0.5) is 0 Å². The van der Waals surface area contributed by atoms with Gasteiger partial charge in [0.25, 0.3) is 0 Å². The van der Waals surface area contributed by atoms with Crippen LogP contribution in [0.1, 0.15) is 5.56 Å². The summed E-state index contributed by atoms with van der Waals surface area (Å²) >= 11 is 6.18. The number of halogens is 2. The molecule has 0 saturated heterocycles. The van der Waals surface area contributed by atoms with Crippen LogP contribution in [0.25, 0.3) is 10.8 Å². The number of benzene rings is 2. The van der Waals surface area contributed by atoms with Gasteiger partial charge in [0.15, 0.2) is 0 Å². The average Bonchev–Trinajstić information content (AvgIpc) is 2.22. The highest BCUT2D eigenvalue weighted by Crippen LogP contribution is 2.27. The van der Waals surface area contributed by atoms with Gasteiger partial charge in [0, 0.05) is 5.39 Å². The SMILES string of the molecule is Cl.NC(=O)Cc1ccc2ccccc2c1Cl. The molecule has 2 nitrogen and oxygen atoms in total. The van der Waals surface area contributed by atoms with Crippen LogP contribution < -0.4 is 5.73 Å². The van der Waals surface area contributed by atoms with Gasteiger partial charge in [-0.25, -0.2) is 0 Å². The van der Waals surface area contributed by atoms with Gasteiger partial charge in [0.1, 0.15) is 0 Å². The normalized spacial score (nSPS) is 9.81. The maximum atomic E-state index is 10.8. The highest BCUT2D eigenvalue weighted by Gasteiger charge is 2.06. The molecule has 0 aliphatic carbocycles. The quantitative estimate of drug-likeness (QED) is 0.881. The number of rotatable bonds is 2. The van der Waals surface area contributed by atoms with Crippen molar-refractivity contribution < 1.29 is 4.79 Å². The minimum absolute atomic E-state index is 0. The number of hydrogen-bond acceptors (Lipinski definition) is 1. The molecule has 2 rings (SSSR count). The Morgan fingerprint density at radius 1 is 1.19 bits per heavy atom. The third-order valence-corrected chi connectivity index (χ3v) is 2.75. The van der Waals surface area contributed by atoms with Crippen LogP contribution in [0.2, 0.25) is 5.02 Å². The lowest BCUT2D eigenvalue weighted by atomic mass is 10.0. The predicted octanol–water partition coefficient (Wildman–Crippen LogP) is 2.94. The van der Waals surface area contributed by atoms with Gasteiger partial charge >= 0.3 is 0 Å². The molecular formula is C12H11Cl2NO. The molecule has 0 saturated carbocycles. The van der Waals surface area contributed by atoms with Crippen molar-refractivity contribution in [3.63, 3.8) is 0 Å². The Balaban J connectivity index is 0.00000128. The molecule has 2 N–H and O–H groups in total. The van der Waals surface area contributed by atoms with Crippen molar-refractivity contribution in [1.29, 1.82) is 0 Å². The first-order valence-corrected chi connectivity index (χ1v) is 5.00. The Morgan fingerprint density at radius 3 is 2.56 bits per heavy atom. The maximum Gasteiger partial charge on any atom is 0.221 e. The fourth-order valence-corrected chi connectivity index (χ4v) is 1.90. The second kappa shape index (κ2) is 5.19. The Bertz CT molecular complexity index is 525. The van der Waals surface area contributed by atoms with E-state index in [2.05, 4.69) is 0 Å². The minimum Gasteiger partial charge on any atom is -0.369 e. The number of carbonyl (C=O) groups excluding carboxylic acids is 1. The van der Waals surface area contributed by atoms with E-state index >= 15 is 0 Å². The molecule has 0 aliphatic heterocycles. The summed E-state index contributed by atoms with van der Waals surface area (Å²) in [4.78, 5) is 10.8. The number of amides is 1. The van der Waals surface area contributed by atoms with Gasteiger partial charge in [-0.3, -0.25) is 4.79 Å². The molecule has 0 fully saturated rings. The number of primary amides is 1. The molecule has 0 bridgehead atoms. The highest BCUT2D eigenvalue weighted by molar-refractivity contribution is 6.36. The van der Waals surface area contributed by atoms with Crippen LogP contribution in [-0.2, 0) is 11.2 Å². The first-order valence-electron chi connectivity index (χ1n) is 4.63. The molecule has 0 aliphatic rings. The first kappa shape index (κ1) is 12.8. The summed E-state index contributed by atoms with van der Waals surface area (Å²) in [5, 5.41) is 2.64. The molecule has 0 spiro atoms. The van der Waals surface area contributed by atoms with Gasteiger partial charge < -0.3 is 5.73 Å². The van der Waals surface area contributed by atoms with Crippen LogP contribution in [-0.4, -0.2) is 5.91 Å². The van der Waals surface area contributed by atoms with Gasteiger partial charge in [-0.2, -0.15) is 0 Å². The van der Waals surface area contributed by atoms with E-state index in [1.807, 2.05) is 36.4 Å². The minimum atomic E-state index is -0.368. The molecular weight excluding hydrogens is 245 g/mol. The van der Waals surface area contributed by atoms with Crippen LogP contribution in [0.5, 0.6) is 0 Å². The summed E-state index contributed by atoms with van der Waals surface area (Å²) < 4.78 is 0. The molecule has 4 heteroatoms. The van der Waals surface area contributed by atoms with Gasteiger partial charge in [0.2, 0.25) is 5.91 Å². The molecule has 2 aromatic rings. The van der Waals surface area contributed by atoms with E-state index in [9.17, 15) is 4.79 Å². The van der Waals surface area contributed by atoms with E-state index in [4.69, 9.17) is 17.3 Å². The summed E-state index contributed by atoms with van der Waals surface area (Å²) in [6.07, 6.45) is 0.184. The van der Waals surface area contributed by atoms with E-state index < -0.39 is 0 Å². The Morgan fingerprint density at radius 2 is 1.88 bits per heavy atom. The third-order valence-electron chi connectivity index (χ3n) is 2.31. The lowest BCUT2D eigenvalue weighted by molar-refractivity contribution is -0.117. The zero-order valence-electron chi connectivity index (χ0n) is 8.44. The second-order valence-corrected chi connectivity index (χ2v) is 3.78. The predicted molar refractivity (Wildman–Crippen MR) is 69.1 cm³/mol. The molecule has 0 heterocycles. The summed E-state index contributed by atoms with van der Waals surface area (Å²) in [6.45, 7) is 0. The Labute approximate surface area is 105 Å². The molecule has 16 heavy (non-hydrogen) atoms. The van der Waals surface area contributed by atoms with Crippen LogP contribution in [0.3, 0.4) is 0 Å². The number of carbonyl (C=O) groups is 1. The lowest BCUT2D eigenvalue weighted by Crippen LogP contribution is -2.13. The first-order chi connectivity index (χ1) is 7.18. The lowest BCUT2D eigenvalue weighted by Gasteiger charge is -2.05. The molecule has 84 valence electrons. The van der Waals surface area contributed by atoms with E-state index in [0.717, 1.165) is 16.3 Å².